The molecule has 1 atom stereocenters. The summed E-state index contributed by atoms with van der Waals surface area (Å²) in [5.41, 5.74) is 7.41. The molecule has 4 nitrogen and oxygen atoms in total. The van der Waals surface area contributed by atoms with Crippen molar-refractivity contribution in [3.05, 3.63) is 35.4 Å². The van der Waals surface area contributed by atoms with E-state index in [1.165, 1.54) is 0 Å². The van der Waals surface area contributed by atoms with Crippen molar-refractivity contribution in [1.29, 1.82) is 0 Å². The number of carboxylic acids is 1. The number of hydrogen-bond donors (Lipinski definition) is 2. The quantitative estimate of drug-likeness (QED) is 0.793. The summed E-state index contributed by atoms with van der Waals surface area (Å²) in [6, 6.07) is 7.59. The summed E-state index contributed by atoms with van der Waals surface area (Å²) in [5, 5.41) is 9.11. The largest absolute Gasteiger partial charge is 0.481 e. The van der Waals surface area contributed by atoms with Gasteiger partial charge in [-0.1, -0.05) is 24.3 Å². The van der Waals surface area contributed by atoms with E-state index in [0.717, 1.165) is 11.1 Å². The summed E-state index contributed by atoms with van der Waals surface area (Å²) in [5.74, 6) is -1.16. The maximum atomic E-state index is 11.1. The summed E-state index contributed by atoms with van der Waals surface area (Å²) in [4.78, 5) is 11.1. The van der Waals surface area contributed by atoms with E-state index in [-0.39, 0.29) is 6.54 Å². The van der Waals surface area contributed by atoms with E-state index >= 15 is 0 Å². The average Bonchev–Trinajstić information content (AvgIpc) is 2.18. The van der Waals surface area contributed by atoms with Crippen LogP contribution in [0.5, 0.6) is 0 Å². The lowest BCUT2D eigenvalue weighted by Crippen LogP contribution is -2.29. The number of benzene rings is 1. The van der Waals surface area contributed by atoms with Crippen molar-refractivity contribution < 1.29 is 14.6 Å². The van der Waals surface area contributed by atoms with E-state index in [9.17, 15) is 4.79 Å². The van der Waals surface area contributed by atoms with Gasteiger partial charge in [-0.3, -0.25) is 4.79 Å². The molecule has 0 amide bonds. The van der Waals surface area contributed by atoms with E-state index in [1.54, 1.807) is 0 Å². The highest BCUT2D eigenvalue weighted by atomic mass is 16.5. The van der Waals surface area contributed by atoms with Crippen LogP contribution in [0.3, 0.4) is 0 Å². The van der Waals surface area contributed by atoms with E-state index < -0.39 is 11.9 Å². The Morgan fingerprint density at radius 1 is 1.50 bits per heavy atom. The van der Waals surface area contributed by atoms with Crippen LogP contribution in [0.1, 0.15) is 23.0 Å². The predicted octanol–water partition coefficient (Wildman–Crippen LogP) is 0.927. The molecule has 1 aliphatic heterocycles. The first-order valence-corrected chi connectivity index (χ1v) is 5.33. The number of rotatable bonds is 4. The van der Waals surface area contributed by atoms with Gasteiger partial charge in [-0.25, -0.2) is 0 Å². The van der Waals surface area contributed by atoms with Crippen LogP contribution < -0.4 is 5.73 Å². The van der Waals surface area contributed by atoms with Crippen molar-refractivity contribution in [2.75, 3.05) is 19.8 Å². The Bertz CT molecular complexity index is 388. The van der Waals surface area contributed by atoms with Crippen LogP contribution in [0, 0.1) is 0 Å². The predicted molar refractivity (Wildman–Crippen MR) is 59.4 cm³/mol. The molecule has 1 fully saturated rings. The third-order valence-electron chi connectivity index (χ3n) is 2.98. The van der Waals surface area contributed by atoms with E-state index in [2.05, 4.69) is 0 Å². The minimum atomic E-state index is -0.866. The fraction of sp³-hybridized carbons (Fsp3) is 0.417. The van der Waals surface area contributed by atoms with Crippen LogP contribution in [-0.2, 0) is 9.53 Å². The Kier molecular flexibility index (Phi) is 3.22. The molecule has 0 radical (unpaired) electrons. The standard InChI is InChI=1S/C12H15NO3/c13-5-11(12(14)15)10-4-2-1-3-9(10)8-6-16-7-8/h1-4,8,11H,5-7,13H2,(H,14,15). The second-order valence-electron chi connectivity index (χ2n) is 3.99. The van der Waals surface area contributed by atoms with Gasteiger partial charge in [0.2, 0.25) is 0 Å². The van der Waals surface area contributed by atoms with Crippen LogP contribution in [0.4, 0.5) is 0 Å². The van der Waals surface area contributed by atoms with Gasteiger partial charge in [-0.2, -0.15) is 0 Å². The van der Waals surface area contributed by atoms with Gasteiger partial charge in [0, 0.05) is 12.5 Å². The SMILES string of the molecule is NCC(C(=O)O)c1ccccc1C1COC1. The number of carbonyl (C=O) groups is 1. The molecular formula is C12H15NO3. The lowest BCUT2D eigenvalue weighted by molar-refractivity contribution is -0.138. The molecule has 0 saturated carbocycles. The first kappa shape index (κ1) is 11.1. The van der Waals surface area contributed by atoms with E-state index in [1.807, 2.05) is 24.3 Å². The van der Waals surface area contributed by atoms with Crippen LogP contribution in [-0.4, -0.2) is 30.8 Å². The van der Waals surface area contributed by atoms with Crippen LogP contribution >= 0.6 is 0 Å². The molecular weight excluding hydrogens is 206 g/mol. The summed E-state index contributed by atoms with van der Waals surface area (Å²) >= 11 is 0. The molecule has 1 aliphatic rings. The highest BCUT2D eigenvalue weighted by Gasteiger charge is 2.27. The summed E-state index contributed by atoms with van der Waals surface area (Å²) in [6.45, 7) is 1.47. The fourth-order valence-electron chi connectivity index (χ4n) is 1.98. The van der Waals surface area contributed by atoms with Crippen molar-refractivity contribution in [3.63, 3.8) is 0 Å². The first-order chi connectivity index (χ1) is 7.74. The molecule has 1 aromatic carbocycles. The number of aliphatic carboxylic acids is 1. The molecule has 1 aromatic rings. The van der Waals surface area contributed by atoms with Crippen LogP contribution in [0.15, 0.2) is 24.3 Å². The molecule has 86 valence electrons. The number of carboxylic acid groups (broad SMARTS) is 1. The highest BCUT2D eigenvalue weighted by molar-refractivity contribution is 5.77. The Morgan fingerprint density at radius 3 is 2.69 bits per heavy atom. The van der Waals surface area contributed by atoms with Gasteiger partial charge < -0.3 is 15.6 Å². The molecule has 1 saturated heterocycles. The number of ether oxygens (including phenoxy) is 1. The van der Waals surface area contributed by atoms with Gasteiger partial charge in [-0.15, -0.1) is 0 Å². The topological polar surface area (TPSA) is 72.6 Å². The maximum absolute atomic E-state index is 11.1. The zero-order chi connectivity index (χ0) is 11.5. The lowest BCUT2D eigenvalue weighted by Gasteiger charge is -2.29. The summed E-state index contributed by atoms with van der Waals surface area (Å²) in [7, 11) is 0. The fourth-order valence-corrected chi connectivity index (χ4v) is 1.98. The van der Waals surface area contributed by atoms with Crippen molar-refractivity contribution in [3.8, 4) is 0 Å². The zero-order valence-corrected chi connectivity index (χ0v) is 8.93. The Morgan fingerprint density at radius 2 is 2.19 bits per heavy atom. The van der Waals surface area contributed by atoms with Gasteiger partial charge in [0.25, 0.3) is 0 Å². The van der Waals surface area contributed by atoms with Crippen molar-refractivity contribution >= 4 is 5.97 Å². The van der Waals surface area contributed by atoms with Crippen LogP contribution in [0.2, 0.25) is 0 Å². The second kappa shape index (κ2) is 4.63. The Balaban J connectivity index is 2.34. The van der Waals surface area contributed by atoms with Gasteiger partial charge in [0.15, 0.2) is 0 Å². The number of hydrogen-bond acceptors (Lipinski definition) is 3. The van der Waals surface area contributed by atoms with Crippen molar-refractivity contribution in [2.24, 2.45) is 5.73 Å². The monoisotopic (exact) mass is 221 g/mol. The van der Waals surface area contributed by atoms with Crippen molar-refractivity contribution in [2.45, 2.75) is 11.8 Å². The Hall–Kier alpha value is -1.39. The molecule has 3 N–H and O–H groups in total. The second-order valence-corrected chi connectivity index (χ2v) is 3.99. The molecule has 0 bridgehead atoms. The molecule has 0 spiro atoms. The van der Waals surface area contributed by atoms with E-state index in [0.29, 0.717) is 19.1 Å². The summed E-state index contributed by atoms with van der Waals surface area (Å²) in [6.07, 6.45) is 0. The Labute approximate surface area is 94.0 Å². The first-order valence-electron chi connectivity index (χ1n) is 5.33. The molecule has 16 heavy (non-hydrogen) atoms. The average molecular weight is 221 g/mol. The zero-order valence-electron chi connectivity index (χ0n) is 8.93. The normalized spacial score (nSPS) is 17.8. The molecule has 4 heteroatoms. The molecule has 1 unspecified atom stereocenters. The van der Waals surface area contributed by atoms with Gasteiger partial charge in [-0.05, 0) is 11.1 Å². The maximum Gasteiger partial charge on any atom is 0.312 e. The minimum absolute atomic E-state index is 0.125. The van der Waals surface area contributed by atoms with Gasteiger partial charge >= 0.3 is 5.97 Å². The lowest BCUT2D eigenvalue weighted by atomic mass is 9.86. The molecule has 0 aliphatic carbocycles. The van der Waals surface area contributed by atoms with Crippen molar-refractivity contribution in [1.82, 2.24) is 0 Å². The molecule has 2 rings (SSSR count). The molecule has 1 heterocycles. The summed E-state index contributed by atoms with van der Waals surface area (Å²) < 4.78 is 5.14. The van der Waals surface area contributed by atoms with E-state index in [4.69, 9.17) is 15.6 Å². The third kappa shape index (κ3) is 1.94. The number of nitrogens with two attached hydrogens (primary N) is 1. The van der Waals surface area contributed by atoms with Gasteiger partial charge in [0.05, 0.1) is 19.1 Å². The third-order valence-corrected chi connectivity index (χ3v) is 2.98. The highest BCUT2D eigenvalue weighted by Crippen LogP contribution is 2.30. The van der Waals surface area contributed by atoms with Gasteiger partial charge in [0.1, 0.15) is 0 Å². The smallest absolute Gasteiger partial charge is 0.312 e. The molecule has 0 aromatic heterocycles. The van der Waals surface area contributed by atoms with Crippen LogP contribution in [0.25, 0.3) is 0 Å². The minimum Gasteiger partial charge on any atom is -0.481 e.